The van der Waals surface area contributed by atoms with E-state index in [4.69, 9.17) is 14.2 Å². The zero-order chi connectivity index (χ0) is 19.6. The highest BCUT2D eigenvalue weighted by Crippen LogP contribution is 2.30. The van der Waals surface area contributed by atoms with Crippen molar-refractivity contribution in [3.05, 3.63) is 90.0 Å². The van der Waals surface area contributed by atoms with Gasteiger partial charge in [0.25, 0.3) is 0 Å². The van der Waals surface area contributed by atoms with Crippen molar-refractivity contribution in [3.8, 4) is 23.3 Å². The van der Waals surface area contributed by atoms with Gasteiger partial charge in [-0.05, 0) is 41.5 Å². The SMILES string of the molecule is COc1cc(C=C(C#N)c2ccccc2)ccc1OCCOc1ccccc1. The molecular weight excluding hydrogens is 350 g/mol. The second-order valence-electron chi connectivity index (χ2n) is 5.96. The van der Waals surface area contributed by atoms with Crippen molar-refractivity contribution < 1.29 is 14.2 Å². The molecule has 0 unspecified atom stereocenters. The van der Waals surface area contributed by atoms with Crippen molar-refractivity contribution in [1.82, 2.24) is 0 Å². The lowest BCUT2D eigenvalue weighted by Gasteiger charge is -2.12. The van der Waals surface area contributed by atoms with Crippen LogP contribution in [0, 0.1) is 11.3 Å². The fraction of sp³-hybridized carbons (Fsp3) is 0.125. The van der Waals surface area contributed by atoms with Gasteiger partial charge in [0.1, 0.15) is 19.0 Å². The number of hydrogen-bond donors (Lipinski definition) is 0. The first-order chi connectivity index (χ1) is 13.8. The van der Waals surface area contributed by atoms with Gasteiger partial charge in [-0.1, -0.05) is 54.6 Å². The Morgan fingerprint density at radius 3 is 2.21 bits per heavy atom. The Morgan fingerprint density at radius 2 is 1.54 bits per heavy atom. The second kappa shape index (κ2) is 9.84. The van der Waals surface area contributed by atoms with Crippen molar-refractivity contribution in [1.29, 1.82) is 5.26 Å². The van der Waals surface area contributed by atoms with E-state index in [-0.39, 0.29) is 0 Å². The summed E-state index contributed by atoms with van der Waals surface area (Å²) >= 11 is 0. The summed E-state index contributed by atoms with van der Waals surface area (Å²) in [6.45, 7) is 0.829. The Kier molecular flexibility index (Phi) is 6.70. The van der Waals surface area contributed by atoms with Gasteiger partial charge in [0.15, 0.2) is 11.5 Å². The Hall–Kier alpha value is -3.71. The predicted octanol–water partition coefficient (Wildman–Crippen LogP) is 5.22. The molecule has 3 aromatic rings. The first-order valence-corrected chi connectivity index (χ1v) is 8.96. The highest BCUT2D eigenvalue weighted by atomic mass is 16.5. The van der Waals surface area contributed by atoms with E-state index in [1.165, 1.54) is 0 Å². The first-order valence-electron chi connectivity index (χ1n) is 8.96. The van der Waals surface area contributed by atoms with Gasteiger partial charge < -0.3 is 14.2 Å². The van der Waals surface area contributed by atoms with Crippen LogP contribution in [0.3, 0.4) is 0 Å². The zero-order valence-electron chi connectivity index (χ0n) is 15.7. The molecule has 0 aliphatic heterocycles. The molecule has 3 aromatic carbocycles. The summed E-state index contributed by atoms with van der Waals surface area (Å²) in [6, 6.07) is 27.0. The lowest BCUT2D eigenvalue weighted by Crippen LogP contribution is -2.09. The summed E-state index contributed by atoms with van der Waals surface area (Å²) < 4.78 is 16.9. The highest BCUT2D eigenvalue weighted by Gasteiger charge is 2.07. The van der Waals surface area contributed by atoms with E-state index >= 15 is 0 Å². The molecule has 0 bridgehead atoms. The van der Waals surface area contributed by atoms with Crippen molar-refractivity contribution in [2.24, 2.45) is 0 Å². The molecule has 0 aliphatic rings. The quantitative estimate of drug-likeness (QED) is 0.310. The van der Waals surface area contributed by atoms with E-state index in [1.54, 1.807) is 7.11 Å². The molecule has 0 heterocycles. The minimum absolute atomic E-state index is 0.397. The van der Waals surface area contributed by atoms with Gasteiger partial charge in [-0.3, -0.25) is 0 Å². The fourth-order valence-corrected chi connectivity index (χ4v) is 2.69. The van der Waals surface area contributed by atoms with E-state index < -0.39 is 0 Å². The van der Waals surface area contributed by atoms with E-state index in [9.17, 15) is 5.26 Å². The van der Waals surface area contributed by atoms with Crippen molar-refractivity contribution in [2.75, 3.05) is 20.3 Å². The molecule has 0 spiro atoms. The highest BCUT2D eigenvalue weighted by molar-refractivity contribution is 5.89. The van der Waals surface area contributed by atoms with Gasteiger partial charge in [-0.2, -0.15) is 5.26 Å². The van der Waals surface area contributed by atoms with E-state index in [0.29, 0.717) is 30.3 Å². The van der Waals surface area contributed by atoms with Crippen LogP contribution >= 0.6 is 0 Å². The van der Waals surface area contributed by atoms with E-state index in [2.05, 4.69) is 6.07 Å². The molecule has 0 saturated carbocycles. The summed E-state index contributed by atoms with van der Waals surface area (Å²) in [5, 5.41) is 9.47. The molecule has 0 aliphatic carbocycles. The van der Waals surface area contributed by atoms with Crippen LogP contribution in [0.4, 0.5) is 0 Å². The van der Waals surface area contributed by atoms with Crippen molar-refractivity contribution in [2.45, 2.75) is 0 Å². The minimum atomic E-state index is 0.397. The second-order valence-corrected chi connectivity index (χ2v) is 5.96. The van der Waals surface area contributed by atoms with Crippen LogP contribution < -0.4 is 14.2 Å². The third-order valence-corrected chi connectivity index (χ3v) is 4.06. The molecule has 3 rings (SSSR count). The molecule has 0 amide bonds. The van der Waals surface area contributed by atoms with Gasteiger partial charge in [-0.15, -0.1) is 0 Å². The van der Waals surface area contributed by atoms with Crippen LogP contribution in [-0.4, -0.2) is 20.3 Å². The maximum atomic E-state index is 9.47. The number of rotatable bonds is 8. The summed E-state index contributed by atoms with van der Waals surface area (Å²) in [6.07, 6.45) is 1.83. The molecule has 140 valence electrons. The normalized spacial score (nSPS) is 10.8. The largest absolute Gasteiger partial charge is 0.493 e. The summed E-state index contributed by atoms with van der Waals surface area (Å²) in [4.78, 5) is 0. The molecule has 0 N–H and O–H groups in total. The topological polar surface area (TPSA) is 51.5 Å². The van der Waals surface area contributed by atoms with E-state index in [0.717, 1.165) is 16.9 Å². The zero-order valence-corrected chi connectivity index (χ0v) is 15.7. The number of nitriles is 1. The third-order valence-electron chi connectivity index (χ3n) is 4.06. The van der Waals surface area contributed by atoms with E-state index in [1.807, 2.05) is 84.9 Å². The number of nitrogens with zero attached hydrogens (tertiary/aromatic N) is 1. The summed E-state index contributed by atoms with van der Waals surface area (Å²) in [5.41, 5.74) is 2.33. The fourth-order valence-electron chi connectivity index (χ4n) is 2.69. The number of benzene rings is 3. The van der Waals surface area contributed by atoms with Crippen LogP contribution in [0.25, 0.3) is 11.6 Å². The molecule has 0 atom stereocenters. The lowest BCUT2D eigenvalue weighted by atomic mass is 10.0. The van der Waals surface area contributed by atoms with Crippen molar-refractivity contribution >= 4 is 11.6 Å². The first kappa shape index (κ1) is 19.1. The molecule has 28 heavy (non-hydrogen) atoms. The Bertz CT molecular complexity index is 960. The molecule has 4 nitrogen and oxygen atoms in total. The van der Waals surface area contributed by atoms with Gasteiger partial charge in [0, 0.05) is 0 Å². The minimum Gasteiger partial charge on any atom is -0.493 e. The summed E-state index contributed by atoms with van der Waals surface area (Å²) in [7, 11) is 1.60. The summed E-state index contributed by atoms with van der Waals surface area (Å²) in [5.74, 6) is 2.05. The van der Waals surface area contributed by atoms with Gasteiger partial charge in [0.2, 0.25) is 0 Å². The molecule has 0 aromatic heterocycles. The molecule has 0 saturated heterocycles. The lowest BCUT2D eigenvalue weighted by molar-refractivity contribution is 0.211. The van der Waals surface area contributed by atoms with Crippen LogP contribution in [-0.2, 0) is 0 Å². The number of allylic oxidation sites excluding steroid dienone is 1. The molecular formula is C24H21NO3. The molecule has 0 fully saturated rings. The van der Waals surface area contributed by atoms with Crippen LogP contribution in [0.1, 0.15) is 11.1 Å². The Labute approximate surface area is 165 Å². The van der Waals surface area contributed by atoms with Crippen molar-refractivity contribution in [3.63, 3.8) is 0 Å². The number of hydrogen-bond acceptors (Lipinski definition) is 4. The maximum absolute atomic E-state index is 9.47. The smallest absolute Gasteiger partial charge is 0.161 e. The predicted molar refractivity (Wildman–Crippen MR) is 110 cm³/mol. The Morgan fingerprint density at radius 1 is 0.857 bits per heavy atom. The maximum Gasteiger partial charge on any atom is 0.161 e. The van der Waals surface area contributed by atoms with Crippen LogP contribution in [0.5, 0.6) is 17.2 Å². The van der Waals surface area contributed by atoms with Gasteiger partial charge in [0.05, 0.1) is 18.8 Å². The van der Waals surface area contributed by atoms with Crippen LogP contribution in [0.2, 0.25) is 0 Å². The number of para-hydroxylation sites is 1. The van der Waals surface area contributed by atoms with Crippen LogP contribution in [0.15, 0.2) is 78.9 Å². The number of methoxy groups -OCH3 is 1. The Balaban J connectivity index is 1.66. The number of ether oxygens (including phenoxy) is 3. The molecule has 0 radical (unpaired) electrons. The third kappa shape index (κ3) is 5.15. The average Bonchev–Trinajstić information content (AvgIpc) is 2.77. The standard InChI is InChI=1S/C24H21NO3/c1-26-24-17-19(16-21(18-25)20-8-4-2-5-9-20)12-13-23(24)28-15-14-27-22-10-6-3-7-11-22/h2-13,16-17H,14-15H2,1H3. The monoisotopic (exact) mass is 371 g/mol. The average molecular weight is 371 g/mol. The molecule has 4 heteroatoms. The van der Waals surface area contributed by atoms with Gasteiger partial charge >= 0.3 is 0 Å². The van der Waals surface area contributed by atoms with Gasteiger partial charge in [-0.25, -0.2) is 0 Å².